The molecule has 5 heteroatoms. The number of amides is 1. The maximum absolute atomic E-state index is 12.2. The summed E-state index contributed by atoms with van der Waals surface area (Å²) in [5.74, 6) is -0.417. The molecule has 0 aromatic rings. The van der Waals surface area contributed by atoms with Crippen LogP contribution in [-0.2, 0) is 14.3 Å². The number of hydrogen-bond acceptors (Lipinski definition) is 4. The number of nitrogens with zero attached hydrogens (tertiary/aromatic N) is 1. The van der Waals surface area contributed by atoms with Gasteiger partial charge in [-0.25, -0.2) is 0 Å². The summed E-state index contributed by atoms with van der Waals surface area (Å²) in [4.78, 5) is 14.0. The molecule has 3 fully saturated rings. The average Bonchev–Trinajstić information content (AvgIpc) is 2.78. The van der Waals surface area contributed by atoms with Crippen LogP contribution < -0.4 is 0 Å². The molecule has 0 aliphatic carbocycles. The Labute approximate surface area is 113 Å². The van der Waals surface area contributed by atoms with Crippen LogP contribution in [0.2, 0.25) is 0 Å². The minimum atomic E-state index is -0.609. The molecule has 3 aliphatic rings. The maximum Gasteiger partial charge on any atom is 0.223 e. The summed E-state index contributed by atoms with van der Waals surface area (Å²) in [6.45, 7) is 6.40. The fourth-order valence-electron chi connectivity index (χ4n) is 3.82. The number of fused-ring (bicyclic) bond motifs is 3. The zero-order valence-corrected chi connectivity index (χ0v) is 11.8. The zero-order valence-electron chi connectivity index (χ0n) is 11.8. The van der Waals surface area contributed by atoms with Gasteiger partial charge in [-0.05, 0) is 26.2 Å². The number of ether oxygens (including phenoxy) is 2. The highest BCUT2D eigenvalue weighted by molar-refractivity contribution is 5.78. The molecule has 108 valence electrons. The minimum absolute atomic E-state index is 0.0600. The molecule has 3 saturated heterocycles. The molecule has 0 unspecified atom stereocenters. The van der Waals surface area contributed by atoms with Crippen LogP contribution in [-0.4, -0.2) is 52.6 Å². The van der Waals surface area contributed by atoms with Crippen LogP contribution in [0.25, 0.3) is 0 Å². The first-order valence-corrected chi connectivity index (χ1v) is 7.26. The summed E-state index contributed by atoms with van der Waals surface area (Å²) < 4.78 is 11.7. The Balaban J connectivity index is 1.82. The SMILES string of the molecule is CCC[C@H]1CC(=O)N2C[C@H]3OC(C)(C)O[C@H]3[C@H]2[C@@H]1O. The number of carbonyl (C=O) groups excluding carboxylic acids is 1. The topological polar surface area (TPSA) is 59.0 Å². The van der Waals surface area contributed by atoms with Gasteiger partial charge in [-0.3, -0.25) is 4.79 Å². The number of carbonyl (C=O) groups is 1. The summed E-state index contributed by atoms with van der Waals surface area (Å²) in [7, 11) is 0. The van der Waals surface area contributed by atoms with Crippen LogP contribution in [0.3, 0.4) is 0 Å². The molecule has 0 radical (unpaired) electrons. The van der Waals surface area contributed by atoms with Crippen molar-refractivity contribution in [3.05, 3.63) is 0 Å². The van der Waals surface area contributed by atoms with Gasteiger partial charge < -0.3 is 19.5 Å². The second-order valence-corrected chi connectivity index (χ2v) is 6.42. The second-order valence-electron chi connectivity index (χ2n) is 6.42. The van der Waals surface area contributed by atoms with Crippen molar-refractivity contribution in [2.75, 3.05) is 6.54 Å². The van der Waals surface area contributed by atoms with Crippen molar-refractivity contribution < 1.29 is 19.4 Å². The van der Waals surface area contributed by atoms with Gasteiger partial charge in [0.25, 0.3) is 0 Å². The van der Waals surface area contributed by atoms with Gasteiger partial charge in [0.15, 0.2) is 5.79 Å². The van der Waals surface area contributed by atoms with Gasteiger partial charge in [-0.15, -0.1) is 0 Å². The Bertz CT molecular complexity index is 384. The van der Waals surface area contributed by atoms with Crippen molar-refractivity contribution in [1.82, 2.24) is 4.90 Å². The van der Waals surface area contributed by atoms with Crippen LogP contribution in [0.1, 0.15) is 40.0 Å². The van der Waals surface area contributed by atoms with Crippen LogP contribution in [0.5, 0.6) is 0 Å². The van der Waals surface area contributed by atoms with Gasteiger partial charge in [-0.1, -0.05) is 13.3 Å². The largest absolute Gasteiger partial charge is 0.391 e. The maximum atomic E-state index is 12.2. The summed E-state index contributed by atoms with van der Waals surface area (Å²) in [6.07, 6.45) is 1.55. The summed E-state index contributed by atoms with van der Waals surface area (Å²) in [5.41, 5.74) is 0. The fourth-order valence-corrected chi connectivity index (χ4v) is 3.82. The van der Waals surface area contributed by atoms with Crippen molar-refractivity contribution in [3.8, 4) is 0 Å². The highest BCUT2D eigenvalue weighted by Gasteiger charge is 2.58. The lowest BCUT2D eigenvalue weighted by molar-refractivity contribution is -0.180. The molecule has 3 heterocycles. The molecule has 0 spiro atoms. The van der Waals surface area contributed by atoms with E-state index in [-0.39, 0.29) is 30.1 Å². The standard InChI is InChI=1S/C14H23NO4/c1-4-5-8-6-10(16)15-7-9-13(11(15)12(8)17)19-14(2,3)18-9/h8-9,11-13,17H,4-7H2,1-3H3/t8-,9+,11+,12+,13+/m0/s1. The van der Waals surface area contributed by atoms with E-state index in [1.807, 2.05) is 13.8 Å². The minimum Gasteiger partial charge on any atom is -0.391 e. The normalized spacial score (nSPS) is 44.3. The molecule has 0 bridgehead atoms. The number of hydrogen-bond donors (Lipinski definition) is 1. The molecule has 3 aliphatic heterocycles. The third kappa shape index (κ3) is 2.08. The lowest BCUT2D eigenvalue weighted by atomic mass is 9.83. The van der Waals surface area contributed by atoms with E-state index in [9.17, 15) is 9.90 Å². The molecule has 1 N–H and O–H groups in total. The fraction of sp³-hybridized carbons (Fsp3) is 0.929. The van der Waals surface area contributed by atoms with E-state index in [0.717, 1.165) is 12.8 Å². The van der Waals surface area contributed by atoms with Crippen LogP contribution in [0.15, 0.2) is 0 Å². The van der Waals surface area contributed by atoms with Crippen LogP contribution in [0.4, 0.5) is 0 Å². The van der Waals surface area contributed by atoms with Crippen molar-refractivity contribution in [3.63, 3.8) is 0 Å². The molecule has 0 saturated carbocycles. The van der Waals surface area contributed by atoms with E-state index < -0.39 is 11.9 Å². The van der Waals surface area contributed by atoms with E-state index in [2.05, 4.69) is 6.92 Å². The molecular formula is C14H23NO4. The van der Waals surface area contributed by atoms with Gasteiger partial charge in [0, 0.05) is 6.42 Å². The summed E-state index contributed by atoms with van der Waals surface area (Å²) in [5, 5.41) is 10.6. The predicted octanol–water partition coefficient (Wildman–Crippen LogP) is 0.898. The Morgan fingerprint density at radius 3 is 2.84 bits per heavy atom. The molecule has 0 aromatic carbocycles. The summed E-state index contributed by atoms with van der Waals surface area (Å²) >= 11 is 0. The molecule has 5 atom stereocenters. The third-order valence-corrected chi connectivity index (χ3v) is 4.54. The molecule has 19 heavy (non-hydrogen) atoms. The van der Waals surface area contributed by atoms with Crippen molar-refractivity contribution >= 4 is 5.91 Å². The highest BCUT2D eigenvalue weighted by Crippen LogP contribution is 2.42. The lowest BCUT2D eigenvalue weighted by Gasteiger charge is -2.41. The lowest BCUT2D eigenvalue weighted by Crippen LogP contribution is -2.56. The first-order valence-electron chi connectivity index (χ1n) is 7.26. The van der Waals surface area contributed by atoms with Crippen LogP contribution >= 0.6 is 0 Å². The monoisotopic (exact) mass is 269 g/mol. The van der Waals surface area contributed by atoms with Gasteiger partial charge in [0.05, 0.1) is 18.7 Å². The number of rotatable bonds is 2. The highest BCUT2D eigenvalue weighted by atomic mass is 16.8. The van der Waals surface area contributed by atoms with E-state index in [1.54, 1.807) is 4.90 Å². The van der Waals surface area contributed by atoms with E-state index in [1.165, 1.54) is 0 Å². The Morgan fingerprint density at radius 2 is 2.16 bits per heavy atom. The van der Waals surface area contributed by atoms with Gasteiger partial charge >= 0.3 is 0 Å². The molecule has 3 rings (SSSR count). The molecule has 1 amide bonds. The predicted molar refractivity (Wildman–Crippen MR) is 68.3 cm³/mol. The zero-order chi connectivity index (χ0) is 13.8. The smallest absolute Gasteiger partial charge is 0.223 e. The van der Waals surface area contributed by atoms with Gasteiger partial charge in [0.1, 0.15) is 12.2 Å². The van der Waals surface area contributed by atoms with E-state index in [4.69, 9.17) is 9.47 Å². The first kappa shape index (κ1) is 13.3. The van der Waals surface area contributed by atoms with E-state index in [0.29, 0.717) is 13.0 Å². The molecular weight excluding hydrogens is 246 g/mol. The van der Waals surface area contributed by atoms with Crippen molar-refractivity contribution in [2.45, 2.75) is 70.2 Å². The third-order valence-electron chi connectivity index (χ3n) is 4.54. The van der Waals surface area contributed by atoms with Crippen molar-refractivity contribution in [1.29, 1.82) is 0 Å². The number of aliphatic hydroxyl groups is 1. The summed E-state index contributed by atoms with van der Waals surface area (Å²) in [6, 6.07) is -0.232. The Kier molecular flexibility index (Phi) is 3.11. The van der Waals surface area contributed by atoms with Gasteiger partial charge in [0.2, 0.25) is 5.91 Å². The first-order chi connectivity index (χ1) is 8.93. The quantitative estimate of drug-likeness (QED) is 0.809. The van der Waals surface area contributed by atoms with Crippen molar-refractivity contribution in [2.24, 2.45) is 5.92 Å². The Hall–Kier alpha value is -0.650. The van der Waals surface area contributed by atoms with Gasteiger partial charge in [-0.2, -0.15) is 0 Å². The molecule has 0 aromatic heterocycles. The van der Waals surface area contributed by atoms with Crippen LogP contribution in [0, 0.1) is 5.92 Å². The molecule has 5 nitrogen and oxygen atoms in total. The second kappa shape index (κ2) is 4.43. The average molecular weight is 269 g/mol. The number of piperidine rings is 1. The Morgan fingerprint density at radius 1 is 1.42 bits per heavy atom. The number of aliphatic hydroxyl groups excluding tert-OH is 1. The van der Waals surface area contributed by atoms with E-state index >= 15 is 0 Å².